The summed E-state index contributed by atoms with van der Waals surface area (Å²) < 4.78 is 6.77. The molecule has 0 atom stereocenters. The first-order valence-corrected chi connectivity index (χ1v) is 8.56. The van der Waals surface area contributed by atoms with Crippen LogP contribution < -0.4 is 4.74 Å². The Balaban J connectivity index is 2.25. The molecule has 1 amide bonds. The smallest absolute Gasteiger partial charge is 0.409 e. The van der Waals surface area contributed by atoms with E-state index in [4.69, 9.17) is 4.74 Å². The van der Waals surface area contributed by atoms with E-state index in [-0.39, 0.29) is 5.78 Å². The van der Waals surface area contributed by atoms with Crippen LogP contribution in [-0.2, 0) is 0 Å². The van der Waals surface area contributed by atoms with Crippen molar-refractivity contribution in [3.05, 3.63) is 42.0 Å². The van der Waals surface area contributed by atoms with Gasteiger partial charge in [-0.3, -0.25) is 4.79 Å². The van der Waals surface area contributed by atoms with Crippen molar-refractivity contribution >= 4 is 46.5 Å². The van der Waals surface area contributed by atoms with E-state index in [0.29, 0.717) is 11.3 Å². The summed E-state index contributed by atoms with van der Waals surface area (Å²) in [6.07, 6.45) is 3.19. The van der Waals surface area contributed by atoms with Gasteiger partial charge in [0.25, 0.3) is 0 Å². The SMILES string of the molecule is CSN(SC)C(=O)Oc1ccc2cc(C(C)=O)ccc2c1. The van der Waals surface area contributed by atoms with Crippen LogP contribution in [0.4, 0.5) is 4.79 Å². The standard InChI is InChI=1S/C15H15NO3S2/c1-10(17)11-4-5-13-9-14(7-6-12(13)8-11)19-15(18)16(20-2)21-3/h4-9H,1-3H3. The first kappa shape index (κ1) is 15.7. The Hall–Kier alpha value is -1.66. The molecular formula is C15H15NO3S2. The number of carbonyl (C=O) groups is 2. The zero-order valence-corrected chi connectivity index (χ0v) is 13.6. The zero-order chi connectivity index (χ0) is 15.4. The summed E-state index contributed by atoms with van der Waals surface area (Å²) in [5, 5.41) is 1.86. The number of nitrogens with zero attached hydrogens (tertiary/aromatic N) is 1. The Kier molecular flexibility index (Phi) is 5.14. The predicted octanol–water partition coefficient (Wildman–Crippen LogP) is 4.40. The van der Waals surface area contributed by atoms with Gasteiger partial charge in [0.15, 0.2) is 5.78 Å². The van der Waals surface area contributed by atoms with Gasteiger partial charge in [0.1, 0.15) is 5.75 Å². The van der Waals surface area contributed by atoms with Crippen LogP contribution in [0.25, 0.3) is 10.8 Å². The minimum Gasteiger partial charge on any atom is -0.409 e. The van der Waals surface area contributed by atoms with Crippen molar-refractivity contribution in [2.75, 3.05) is 12.5 Å². The Morgan fingerprint density at radius 3 is 2.24 bits per heavy atom. The lowest BCUT2D eigenvalue weighted by Gasteiger charge is -2.15. The number of rotatable bonds is 4. The lowest BCUT2D eigenvalue weighted by Crippen LogP contribution is -2.20. The van der Waals surface area contributed by atoms with Crippen molar-refractivity contribution in [2.24, 2.45) is 0 Å². The molecule has 4 nitrogen and oxygen atoms in total. The molecule has 2 aromatic rings. The van der Waals surface area contributed by atoms with Crippen molar-refractivity contribution in [3.63, 3.8) is 0 Å². The van der Waals surface area contributed by atoms with E-state index in [9.17, 15) is 9.59 Å². The fourth-order valence-corrected chi connectivity index (χ4v) is 2.84. The molecule has 0 unspecified atom stereocenters. The van der Waals surface area contributed by atoms with E-state index in [1.807, 2.05) is 18.2 Å². The summed E-state index contributed by atoms with van der Waals surface area (Å²) in [5.74, 6) is 0.513. The van der Waals surface area contributed by atoms with E-state index in [1.165, 1.54) is 34.5 Å². The largest absolute Gasteiger partial charge is 0.435 e. The van der Waals surface area contributed by atoms with E-state index in [1.54, 1.807) is 30.7 Å². The second-order valence-corrected chi connectivity index (χ2v) is 5.96. The third kappa shape index (κ3) is 3.71. The number of amides is 1. The summed E-state index contributed by atoms with van der Waals surface area (Å²) in [6.45, 7) is 1.54. The van der Waals surface area contributed by atoms with Crippen molar-refractivity contribution in [2.45, 2.75) is 6.92 Å². The van der Waals surface area contributed by atoms with Crippen molar-refractivity contribution < 1.29 is 14.3 Å². The number of fused-ring (bicyclic) bond motifs is 1. The quantitative estimate of drug-likeness (QED) is 0.617. The number of ketones is 1. The Morgan fingerprint density at radius 2 is 1.62 bits per heavy atom. The van der Waals surface area contributed by atoms with Crippen LogP contribution in [0.1, 0.15) is 17.3 Å². The van der Waals surface area contributed by atoms with Crippen molar-refractivity contribution in [3.8, 4) is 5.75 Å². The molecule has 2 rings (SSSR count). The maximum Gasteiger partial charge on any atom is 0.435 e. The van der Waals surface area contributed by atoms with Gasteiger partial charge in [0.2, 0.25) is 0 Å². The van der Waals surface area contributed by atoms with Crippen LogP contribution >= 0.6 is 23.9 Å². The number of Topliss-reactive ketones (excluding diaryl/α,β-unsaturated/α-hetero) is 1. The maximum absolute atomic E-state index is 11.9. The number of benzene rings is 2. The average molecular weight is 321 g/mol. The molecular weight excluding hydrogens is 306 g/mol. The molecule has 0 aliphatic rings. The van der Waals surface area contributed by atoms with Gasteiger partial charge in [0, 0.05) is 18.1 Å². The molecule has 0 spiro atoms. The highest BCUT2D eigenvalue weighted by Crippen LogP contribution is 2.25. The van der Waals surface area contributed by atoms with Gasteiger partial charge < -0.3 is 4.74 Å². The summed E-state index contributed by atoms with van der Waals surface area (Å²) in [7, 11) is 0. The summed E-state index contributed by atoms with van der Waals surface area (Å²) in [4.78, 5) is 23.2. The molecule has 0 aliphatic heterocycles. The molecule has 2 aromatic carbocycles. The monoisotopic (exact) mass is 321 g/mol. The van der Waals surface area contributed by atoms with Crippen LogP contribution in [-0.4, -0.2) is 28.1 Å². The van der Waals surface area contributed by atoms with Crippen LogP contribution in [0.5, 0.6) is 5.75 Å². The van der Waals surface area contributed by atoms with Crippen LogP contribution in [0, 0.1) is 0 Å². The van der Waals surface area contributed by atoms with Gasteiger partial charge in [0.05, 0.1) is 0 Å². The Labute approximate surface area is 132 Å². The molecule has 0 bridgehead atoms. The van der Waals surface area contributed by atoms with Crippen LogP contribution in [0.2, 0.25) is 0 Å². The minimum absolute atomic E-state index is 0.0305. The lowest BCUT2D eigenvalue weighted by atomic mass is 10.0. The molecule has 110 valence electrons. The highest BCUT2D eigenvalue weighted by molar-refractivity contribution is 8.12. The van der Waals surface area contributed by atoms with E-state index < -0.39 is 6.09 Å². The van der Waals surface area contributed by atoms with Gasteiger partial charge in [-0.1, -0.05) is 18.2 Å². The second kappa shape index (κ2) is 6.87. The molecule has 0 radical (unpaired) electrons. The Bertz CT molecular complexity index is 684. The van der Waals surface area contributed by atoms with Gasteiger partial charge in [-0.15, -0.1) is 0 Å². The summed E-state index contributed by atoms with van der Waals surface area (Å²) in [6, 6.07) is 10.8. The summed E-state index contributed by atoms with van der Waals surface area (Å²) >= 11 is 2.58. The molecule has 0 heterocycles. The third-order valence-electron chi connectivity index (χ3n) is 2.90. The first-order valence-electron chi connectivity index (χ1n) is 6.20. The number of ether oxygens (including phenoxy) is 1. The van der Waals surface area contributed by atoms with Gasteiger partial charge in [-0.05, 0) is 59.8 Å². The fourth-order valence-electron chi connectivity index (χ4n) is 1.87. The molecule has 6 heteroatoms. The summed E-state index contributed by atoms with van der Waals surface area (Å²) in [5.41, 5.74) is 0.670. The average Bonchev–Trinajstić information content (AvgIpc) is 2.47. The first-order chi connectivity index (χ1) is 10.0. The molecule has 0 N–H and O–H groups in total. The van der Waals surface area contributed by atoms with Crippen molar-refractivity contribution in [1.82, 2.24) is 3.71 Å². The van der Waals surface area contributed by atoms with E-state index in [2.05, 4.69) is 0 Å². The molecule has 0 aromatic heterocycles. The molecule has 0 fully saturated rings. The fraction of sp³-hybridized carbons (Fsp3) is 0.200. The lowest BCUT2D eigenvalue weighted by molar-refractivity contribution is 0.101. The molecule has 0 saturated heterocycles. The van der Waals surface area contributed by atoms with Gasteiger partial charge >= 0.3 is 6.09 Å². The third-order valence-corrected chi connectivity index (χ3v) is 4.76. The number of hydrogen-bond acceptors (Lipinski definition) is 5. The van der Waals surface area contributed by atoms with Crippen LogP contribution in [0.3, 0.4) is 0 Å². The number of carbonyl (C=O) groups excluding carboxylic acids is 2. The minimum atomic E-state index is -0.422. The highest BCUT2D eigenvalue weighted by atomic mass is 32.2. The normalized spacial score (nSPS) is 10.4. The van der Waals surface area contributed by atoms with Gasteiger partial charge in [-0.2, -0.15) is 3.71 Å². The van der Waals surface area contributed by atoms with Crippen molar-refractivity contribution in [1.29, 1.82) is 0 Å². The number of hydrogen-bond donors (Lipinski definition) is 0. The van der Waals surface area contributed by atoms with Crippen LogP contribution in [0.15, 0.2) is 36.4 Å². The highest BCUT2D eigenvalue weighted by Gasteiger charge is 2.14. The topological polar surface area (TPSA) is 46.6 Å². The predicted molar refractivity (Wildman–Crippen MR) is 88.8 cm³/mol. The Morgan fingerprint density at radius 1 is 1.00 bits per heavy atom. The molecule has 0 saturated carbocycles. The second-order valence-electron chi connectivity index (χ2n) is 4.27. The van der Waals surface area contributed by atoms with E-state index >= 15 is 0 Å². The maximum atomic E-state index is 11.9. The molecule has 0 aliphatic carbocycles. The van der Waals surface area contributed by atoms with Gasteiger partial charge in [-0.25, -0.2) is 4.79 Å². The van der Waals surface area contributed by atoms with E-state index in [0.717, 1.165) is 10.8 Å². The molecule has 21 heavy (non-hydrogen) atoms. The zero-order valence-electron chi connectivity index (χ0n) is 12.0.